The van der Waals surface area contributed by atoms with Gasteiger partial charge in [-0.3, -0.25) is 4.79 Å². The molecular weight excluding hydrogens is 326 g/mol. The highest BCUT2D eigenvalue weighted by Crippen LogP contribution is 2.34. The van der Waals surface area contributed by atoms with Crippen LogP contribution in [0.3, 0.4) is 0 Å². The van der Waals surface area contributed by atoms with Crippen molar-refractivity contribution in [3.63, 3.8) is 0 Å². The predicted molar refractivity (Wildman–Crippen MR) is 92.6 cm³/mol. The molecule has 6 nitrogen and oxygen atoms in total. The van der Waals surface area contributed by atoms with Crippen molar-refractivity contribution in [1.82, 2.24) is 10.4 Å². The summed E-state index contributed by atoms with van der Waals surface area (Å²) in [6.45, 7) is 1.79. The third kappa shape index (κ3) is 3.36. The van der Waals surface area contributed by atoms with Crippen molar-refractivity contribution in [2.45, 2.75) is 6.92 Å². The SMILES string of the molecule is COc1ccccc1-c1nc(C)c(C(=O)N/N=C/c2ccco2)s1. The molecule has 1 amide bonds. The Morgan fingerprint density at radius 3 is 2.92 bits per heavy atom. The van der Waals surface area contributed by atoms with E-state index >= 15 is 0 Å². The monoisotopic (exact) mass is 341 g/mol. The molecule has 0 aliphatic rings. The van der Waals surface area contributed by atoms with E-state index in [-0.39, 0.29) is 5.91 Å². The van der Waals surface area contributed by atoms with Gasteiger partial charge in [-0.1, -0.05) is 12.1 Å². The van der Waals surface area contributed by atoms with Gasteiger partial charge in [0.15, 0.2) is 0 Å². The maximum Gasteiger partial charge on any atom is 0.283 e. The number of benzene rings is 1. The normalized spacial score (nSPS) is 10.9. The zero-order valence-corrected chi connectivity index (χ0v) is 14.0. The molecule has 0 bridgehead atoms. The van der Waals surface area contributed by atoms with Crippen molar-refractivity contribution in [3.8, 4) is 16.3 Å². The number of hydrogen-bond acceptors (Lipinski definition) is 6. The zero-order chi connectivity index (χ0) is 16.9. The summed E-state index contributed by atoms with van der Waals surface area (Å²) in [6.07, 6.45) is 2.98. The zero-order valence-electron chi connectivity index (χ0n) is 13.1. The second kappa shape index (κ2) is 7.10. The van der Waals surface area contributed by atoms with Gasteiger partial charge in [-0.25, -0.2) is 10.4 Å². The van der Waals surface area contributed by atoms with Crippen LogP contribution in [-0.2, 0) is 0 Å². The number of aromatic nitrogens is 1. The van der Waals surface area contributed by atoms with E-state index in [1.807, 2.05) is 24.3 Å². The topological polar surface area (TPSA) is 76.7 Å². The van der Waals surface area contributed by atoms with Crippen molar-refractivity contribution in [3.05, 3.63) is 59.0 Å². The van der Waals surface area contributed by atoms with E-state index in [9.17, 15) is 4.79 Å². The number of rotatable bonds is 5. The lowest BCUT2D eigenvalue weighted by Gasteiger charge is -2.04. The molecule has 0 fully saturated rings. The van der Waals surface area contributed by atoms with Crippen LogP contribution in [0.1, 0.15) is 21.1 Å². The predicted octanol–water partition coefficient (Wildman–Crippen LogP) is 3.48. The minimum absolute atomic E-state index is 0.311. The fourth-order valence-corrected chi connectivity index (χ4v) is 3.10. The van der Waals surface area contributed by atoms with E-state index < -0.39 is 0 Å². The number of furan rings is 1. The van der Waals surface area contributed by atoms with Crippen molar-refractivity contribution in [2.75, 3.05) is 7.11 Å². The largest absolute Gasteiger partial charge is 0.496 e. The Morgan fingerprint density at radius 2 is 2.17 bits per heavy atom. The molecule has 0 aliphatic carbocycles. The highest BCUT2D eigenvalue weighted by molar-refractivity contribution is 7.17. The first-order valence-corrected chi connectivity index (χ1v) is 7.98. The summed E-state index contributed by atoms with van der Waals surface area (Å²) in [5.41, 5.74) is 3.98. The van der Waals surface area contributed by atoms with Crippen molar-refractivity contribution >= 4 is 23.5 Å². The molecule has 1 aromatic carbocycles. The number of nitrogens with zero attached hydrogens (tertiary/aromatic N) is 2. The molecule has 0 saturated carbocycles. The van der Waals surface area contributed by atoms with Crippen LogP contribution >= 0.6 is 11.3 Å². The average Bonchev–Trinajstić information content (AvgIpc) is 3.24. The van der Waals surface area contributed by atoms with Crippen molar-refractivity contribution in [2.24, 2.45) is 5.10 Å². The third-order valence-corrected chi connectivity index (χ3v) is 4.43. The molecule has 1 N–H and O–H groups in total. The minimum Gasteiger partial charge on any atom is -0.496 e. The molecule has 0 aliphatic heterocycles. The Hall–Kier alpha value is -2.93. The van der Waals surface area contributed by atoms with Crippen LogP contribution in [0.2, 0.25) is 0 Å². The smallest absolute Gasteiger partial charge is 0.283 e. The Bertz CT molecular complexity index is 869. The summed E-state index contributed by atoms with van der Waals surface area (Å²) in [5.74, 6) is 0.967. The number of para-hydroxylation sites is 1. The third-order valence-electron chi connectivity index (χ3n) is 3.24. The van der Waals surface area contributed by atoms with Gasteiger partial charge in [0.1, 0.15) is 21.4 Å². The van der Waals surface area contributed by atoms with Gasteiger partial charge < -0.3 is 9.15 Å². The molecule has 0 atom stereocenters. The van der Waals surface area contributed by atoms with Crippen LogP contribution in [0.15, 0.2) is 52.2 Å². The highest BCUT2D eigenvalue weighted by atomic mass is 32.1. The Balaban J connectivity index is 1.79. The summed E-state index contributed by atoms with van der Waals surface area (Å²) >= 11 is 1.30. The number of methoxy groups -OCH3 is 1. The molecular formula is C17H15N3O3S. The van der Waals surface area contributed by atoms with Crippen LogP contribution in [0.5, 0.6) is 5.75 Å². The summed E-state index contributed by atoms with van der Waals surface area (Å²) in [7, 11) is 1.61. The fourth-order valence-electron chi connectivity index (χ4n) is 2.11. The van der Waals surface area contributed by atoms with Gasteiger partial charge in [-0.2, -0.15) is 5.10 Å². The van der Waals surface area contributed by atoms with Crippen LogP contribution in [0.4, 0.5) is 0 Å². The number of hydrazone groups is 1. The molecule has 0 radical (unpaired) electrons. The first-order chi connectivity index (χ1) is 11.7. The Labute approximate surface area is 142 Å². The highest BCUT2D eigenvalue weighted by Gasteiger charge is 2.17. The molecule has 122 valence electrons. The summed E-state index contributed by atoms with van der Waals surface area (Å²) in [4.78, 5) is 17.3. The lowest BCUT2D eigenvalue weighted by Crippen LogP contribution is -2.17. The number of thiazole rings is 1. The number of nitrogens with one attached hydrogen (secondary N) is 1. The van der Waals surface area contributed by atoms with E-state index in [1.165, 1.54) is 23.8 Å². The van der Waals surface area contributed by atoms with Gasteiger partial charge >= 0.3 is 0 Å². The minimum atomic E-state index is -0.311. The van der Waals surface area contributed by atoms with Crippen molar-refractivity contribution in [1.29, 1.82) is 0 Å². The molecule has 24 heavy (non-hydrogen) atoms. The Morgan fingerprint density at radius 1 is 1.33 bits per heavy atom. The van der Waals surface area contributed by atoms with Gasteiger partial charge in [0.2, 0.25) is 0 Å². The number of hydrogen-bond donors (Lipinski definition) is 1. The van der Waals surface area contributed by atoms with Crippen LogP contribution in [-0.4, -0.2) is 24.2 Å². The number of carbonyl (C=O) groups is 1. The summed E-state index contributed by atoms with van der Waals surface area (Å²) in [5, 5.41) is 4.61. The first kappa shape index (κ1) is 15.9. The van der Waals surface area contributed by atoms with Crippen molar-refractivity contribution < 1.29 is 13.9 Å². The first-order valence-electron chi connectivity index (χ1n) is 7.16. The quantitative estimate of drug-likeness (QED) is 0.569. The van der Waals surface area contributed by atoms with E-state index in [1.54, 1.807) is 26.2 Å². The van der Waals surface area contributed by atoms with Crippen LogP contribution in [0.25, 0.3) is 10.6 Å². The molecule has 0 unspecified atom stereocenters. The number of aryl methyl sites for hydroxylation is 1. The van der Waals surface area contributed by atoms with Crippen LogP contribution < -0.4 is 10.2 Å². The van der Waals surface area contributed by atoms with E-state index in [0.29, 0.717) is 22.1 Å². The molecule has 7 heteroatoms. The second-order valence-corrected chi connectivity index (χ2v) is 5.85. The van der Waals surface area contributed by atoms with Crippen LogP contribution in [0, 0.1) is 6.92 Å². The summed E-state index contributed by atoms with van der Waals surface area (Å²) in [6, 6.07) is 11.1. The molecule has 3 rings (SSSR count). The van der Waals surface area contributed by atoms with Gasteiger partial charge in [0, 0.05) is 0 Å². The average molecular weight is 341 g/mol. The lowest BCUT2D eigenvalue weighted by atomic mass is 10.2. The fraction of sp³-hybridized carbons (Fsp3) is 0.118. The lowest BCUT2D eigenvalue weighted by molar-refractivity contribution is 0.0958. The molecule has 0 saturated heterocycles. The van der Waals surface area contributed by atoms with E-state index in [4.69, 9.17) is 9.15 Å². The number of ether oxygens (including phenoxy) is 1. The van der Waals surface area contributed by atoms with Gasteiger partial charge in [-0.05, 0) is 31.2 Å². The molecule has 2 heterocycles. The van der Waals surface area contributed by atoms with E-state index in [0.717, 1.165) is 10.6 Å². The molecule has 0 spiro atoms. The standard InChI is InChI=1S/C17H15N3O3S/c1-11-15(16(21)20-18-10-12-6-5-9-23-12)24-17(19-11)13-7-3-4-8-14(13)22-2/h3-10H,1-2H3,(H,20,21)/b18-10+. The van der Waals surface area contributed by atoms with Gasteiger partial charge in [-0.15, -0.1) is 11.3 Å². The maximum absolute atomic E-state index is 12.3. The van der Waals surface area contributed by atoms with Gasteiger partial charge in [0.05, 0.1) is 30.8 Å². The maximum atomic E-state index is 12.3. The van der Waals surface area contributed by atoms with Gasteiger partial charge in [0.25, 0.3) is 5.91 Å². The summed E-state index contributed by atoms with van der Waals surface area (Å²) < 4.78 is 10.5. The van der Waals surface area contributed by atoms with E-state index in [2.05, 4.69) is 15.5 Å². The Kier molecular flexibility index (Phi) is 4.72. The molecule has 2 aromatic heterocycles. The molecule has 3 aromatic rings. The second-order valence-electron chi connectivity index (χ2n) is 4.85. The number of carbonyl (C=O) groups excluding carboxylic acids is 1. The number of amides is 1.